The summed E-state index contributed by atoms with van der Waals surface area (Å²) < 4.78 is 5.96. The van der Waals surface area contributed by atoms with Crippen LogP contribution in [0.2, 0.25) is 0 Å². The SMILES string of the molecule is C=C(C)/C(=C\C=C/C)O[C@H](CC)CNCCC. The van der Waals surface area contributed by atoms with E-state index >= 15 is 0 Å². The van der Waals surface area contributed by atoms with E-state index in [-0.39, 0.29) is 6.10 Å². The van der Waals surface area contributed by atoms with Crippen molar-refractivity contribution in [3.63, 3.8) is 0 Å². The normalized spacial score (nSPS) is 14.0. The van der Waals surface area contributed by atoms with E-state index in [4.69, 9.17) is 4.74 Å². The number of rotatable bonds is 9. The molecule has 0 radical (unpaired) electrons. The van der Waals surface area contributed by atoms with E-state index < -0.39 is 0 Å². The topological polar surface area (TPSA) is 21.3 Å². The van der Waals surface area contributed by atoms with Gasteiger partial charge in [-0.1, -0.05) is 32.6 Å². The predicted molar refractivity (Wildman–Crippen MR) is 76.0 cm³/mol. The zero-order valence-corrected chi connectivity index (χ0v) is 11.8. The molecule has 0 amide bonds. The fourth-order valence-corrected chi connectivity index (χ4v) is 1.35. The second kappa shape index (κ2) is 10.2. The van der Waals surface area contributed by atoms with Crippen LogP contribution in [0.15, 0.2) is 36.1 Å². The molecular weight excluding hydrogens is 210 g/mol. The van der Waals surface area contributed by atoms with Crippen LogP contribution in [0.1, 0.15) is 40.5 Å². The molecule has 0 heterocycles. The lowest BCUT2D eigenvalue weighted by Crippen LogP contribution is -2.29. The van der Waals surface area contributed by atoms with Gasteiger partial charge in [0, 0.05) is 6.54 Å². The molecule has 0 saturated carbocycles. The number of allylic oxidation sites excluding steroid dienone is 4. The van der Waals surface area contributed by atoms with Gasteiger partial charge in [-0.3, -0.25) is 0 Å². The van der Waals surface area contributed by atoms with Crippen molar-refractivity contribution in [2.24, 2.45) is 0 Å². The Labute approximate surface area is 106 Å². The van der Waals surface area contributed by atoms with Crippen LogP contribution in [-0.4, -0.2) is 19.2 Å². The standard InChI is InChI=1S/C15H27NO/c1-6-9-10-15(13(4)5)17-14(8-3)12-16-11-7-2/h6,9-10,14,16H,4,7-8,11-12H2,1-3,5H3/b9-6-,15-10+/t14-/m1/s1. The lowest BCUT2D eigenvalue weighted by atomic mass is 10.2. The second-order valence-corrected chi connectivity index (χ2v) is 4.19. The van der Waals surface area contributed by atoms with E-state index in [0.717, 1.165) is 37.3 Å². The molecule has 17 heavy (non-hydrogen) atoms. The van der Waals surface area contributed by atoms with Crippen molar-refractivity contribution in [2.45, 2.75) is 46.6 Å². The molecular formula is C15H27NO. The number of hydrogen-bond acceptors (Lipinski definition) is 2. The molecule has 0 spiro atoms. The van der Waals surface area contributed by atoms with Gasteiger partial charge < -0.3 is 10.1 Å². The molecule has 2 heteroatoms. The van der Waals surface area contributed by atoms with Crippen molar-refractivity contribution in [3.05, 3.63) is 36.1 Å². The Morgan fingerprint density at radius 2 is 2.12 bits per heavy atom. The fraction of sp³-hybridized carbons (Fsp3) is 0.600. The minimum atomic E-state index is 0.217. The van der Waals surface area contributed by atoms with Crippen LogP contribution in [0.25, 0.3) is 0 Å². The van der Waals surface area contributed by atoms with Crippen molar-refractivity contribution in [3.8, 4) is 0 Å². The van der Waals surface area contributed by atoms with E-state index in [9.17, 15) is 0 Å². The van der Waals surface area contributed by atoms with Gasteiger partial charge in [0.2, 0.25) is 0 Å². The first-order valence-electron chi connectivity index (χ1n) is 6.51. The van der Waals surface area contributed by atoms with Gasteiger partial charge in [-0.25, -0.2) is 0 Å². The van der Waals surface area contributed by atoms with E-state index in [2.05, 4.69) is 25.7 Å². The zero-order chi connectivity index (χ0) is 13.1. The van der Waals surface area contributed by atoms with Gasteiger partial charge in [-0.2, -0.15) is 0 Å². The zero-order valence-electron chi connectivity index (χ0n) is 11.8. The third kappa shape index (κ3) is 7.81. The maximum atomic E-state index is 5.96. The highest BCUT2D eigenvalue weighted by Crippen LogP contribution is 2.13. The Morgan fingerprint density at radius 3 is 2.59 bits per heavy atom. The number of ether oxygens (including phenoxy) is 1. The van der Waals surface area contributed by atoms with Gasteiger partial charge in [0.25, 0.3) is 0 Å². The van der Waals surface area contributed by atoms with Crippen LogP contribution in [0.4, 0.5) is 0 Å². The molecule has 0 rings (SSSR count). The van der Waals surface area contributed by atoms with Crippen LogP contribution in [-0.2, 0) is 4.74 Å². The van der Waals surface area contributed by atoms with Crippen molar-refractivity contribution in [1.29, 1.82) is 0 Å². The first-order valence-corrected chi connectivity index (χ1v) is 6.51. The number of hydrogen-bond donors (Lipinski definition) is 1. The molecule has 2 nitrogen and oxygen atoms in total. The largest absolute Gasteiger partial charge is 0.489 e. The Kier molecular flexibility index (Phi) is 9.55. The predicted octanol–water partition coefficient (Wildman–Crippen LogP) is 3.82. The molecule has 0 aromatic carbocycles. The lowest BCUT2D eigenvalue weighted by Gasteiger charge is -2.20. The maximum absolute atomic E-state index is 5.96. The third-order valence-corrected chi connectivity index (χ3v) is 2.41. The molecule has 1 atom stereocenters. The van der Waals surface area contributed by atoms with Crippen molar-refractivity contribution in [1.82, 2.24) is 5.32 Å². The molecule has 0 fully saturated rings. The summed E-state index contributed by atoms with van der Waals surface area (Å²) >= 11 is 0. The minimum absolute atomic E-state index is 0.217. The monoisotopic (exact) mass is 237 g/mol. The lowest BCUT2D eigenvalue weighted by molar-refractivity contribution is 0.117. The van der Waals surface area contributed by atoms with Crippen LogP contribution in [0.3, 0.4) is 0 Å². The van der Waals surface area contributed by atoms with Crippen molar-refractivity contribution >= 4 is 0 Å². The summed E-state index contributed by atoms with van der Waals surface area (Å²) in [5.74, 6) is 0.883. The summed E-state index contributed by atoms with van der Waals surface area (Å²) in [7, 11) is 0. The highest BCUT2D eigenvalue weighted by atomic mass is 16.5. The summed E-state index contributed by atoms with van der Waals surface area (Å²) in [5, 5.41) is 3.39. The highest BCUT2D eigenvalue weighted by molar-refractivity contribution is 5.24. The maximum Gasteiger partial charge on any atom is 0.122 e. The molecule has 0 aliphatic heterocycles. The Bertz CT molecular complexity index is 266. The first-order chi connectivity index (χ1) is 8.15. The van der Waals surface area contributed by atoms with E-state index in [1.807, 2.05) is 32.1 Å². The minimum Gasteiger partial charge on any atom is -0.489 e. The van der Waals surface area contributed by atoms with E-state index in [1.54, 1.807) is 0 Å². The van der Waals surface area contributed by atoms with E-state index in [0.29, 0.717) is 0 Å². The third-order valence-electron chi connectivity index (χ3n) is 2.41. The van der Waals surface area contributed by atoms with Crippen molar-refractivity contribution in [2.75, 3.05) is 13.1 Å². The van der Waals surface area contributed by atoms with Gasteiger partial charge in [-0.15, -0.1) is 0 Å². The average molecular weight is 237 g/mol. The molecule has 0 aliphatic carbocycles. The highest BCUT2D eigenvalue weighted by Gasteiger charge is 2.09. The average Bonchev–Trinajstić information content (AvgIpc) is 2.32. The smallest absolute Gasteiger partial charge is 0.122 e. The Morgan fingerprint density at radius 1 is 1.41 bits per heavy atom. The molecule has 0 unspecified atom stereocenters. The molecule has 0 aromatic rings. The van der Waals surface area contributed by atoms with Crippen LogP contribution in [0, 0.1) is 0 Å². The van der Waals surface area contributed by atoms with Crippen LogP contribution in [0.5, 0.6) is 0 Å². The molecule has 0 aliphatic rings. The summed E-state index contributed by atoms with van der Waals surface area (Å²) in [6.45, 7) is 14.2. The summed E-state index contributed by atoms with van der Waals surface area (Å²) in [5.41, 5.74) is 0.969. The first kappa shape index (κ1) is 16.0. The molecule has 1 N–H and O–H groups in total. The van der Waals surface area contributed by atoms with Gasteiger partial charge in [0.05, 0.1) is 0 Å². The van der Waals surface area contributed by atoms with Gasteiger partial charge >= 0.3 is 0 Å². The Hall–Kier alpha value is -1.02. The van der Waals surface area contributed by atoms with E-state index in [1.165, 1.54) is 0 Å². The van der Waals surface area contributed by atoms with Crippen molar-refractivity contribution < 1.29 is 4.74 Å². The van der Waals surface area contributed by atoms with Gasteiger partial charge in [0.15, 0.2) is 0 Å². The van der Waals surface area contributed by atoms with Gasteiger partial charge in [-0.05, 0) is 44.9 Å². The van der Waals surface area contributed by atoms with Crippen LogP contribution < -0.4 is 5.32 Å². The molecule has 98 valence electrons. The summed E-state index contributed by atoms with van der Waals surface area (Å²) in [4.78, 5) is 0. The summed E-state index contributed by atoms with van der Waals surface area (Å²) in [6, 6.07) is 0. The quantitative estimate of drug-likeness (QED) is 0.374. The fourth-order valence-electron chi connectivity index (χ4n) is 1.35. The second-order valence-electron chi connectivity index (χ2n) is 4.19. The van der Waals surface area contributed by atoms with Gasteiger partial charge in [0.1, 0.15) is 11.9 Å². The molecule has 0 aromatic heterocycles. The Balaban J connectivity index is 4.33. The number of nitrogens with one attached hydrogen (secondary N) is 1. The molecule has 0 saturated heterocycles. The summed E-state index contributed by atoms with van der Waals surface area (Å²) in [6.07, 6.45) is 8.31. The molecule has 0 bridgehead atoms. The van der Waals surface area contributed by atoms with Crippen LogP contribution >= 0.6 is 0 Å².